The van der Waals surface area contributed by atoms with Crippen molar-refractivity contribution in [2.24, 2.45) is 0 Å². The van der Waals surface area contributed by atoms with Gasteiger partial charge in [0.15, 0.2) is 0 Å². The molecule has 0 radical (unpaired) electrons. The van der Waals surface area contributed by atoms with Crippen molar-refractivity contribution in [3.63, 3.8) is 0 Å². The SMILES string of the molecule is CS(=O)(=O)N1CC(=O)N2[C@H](CO)[C@@H](c3ccc(C#Cc4ccccc4)cc3)[C@@H]2C1. The van der Waals surface area contributed by atoms with Gasteiger partial charge in [0.05, 0.1) is 31.5 Å². The second-order valence-corrected chi connectivity index (χ2v) is 9.42. The molecular formula is C22H22N2O4S. The average molecular weight is 410 g/mol. The van der Waals surface area contributed by atoms with Crippen LogP contribution in [-0.2, 0) is 14.8 Å². The summed E-state index contributed by atoms with van der Waals surface area (Å²) in [5.41, 5.74) is 2.78. The van der Waals surface area contributed by atoms with E-state index in [2.05, 4.69) is 11.8 Å². The van der Waals surface area contributed by atoms with E-state index in [1.165, 1.54) is 4.31 Å². The molecule has 0 aromatic heterocycles. The van der Waals surface area contributed by atoms with Crippen LogP contribution >= 0.6 is 0 Å². The van der Waals surface area contributed by atoms with E-state index in [4.69, 9.17) is 0 Å². The van der Waals surface area contributed by atoms with Gasteiger partial charge < -0.3 is 10.0 Å². The summed E-state index contributed by atoms with van der Waals surface area (Å²) < 4.78 is 25.1. The predicted octanol–water partition coefficient (Wildman–Crippen LogP) is 1.02. The summed E-state index contributed by atoms with van der Waals surface area (Å²) in [6.07, 6.45) is 1.12. The lowest BCUT2D eigenvalue weighted by molar-refractivity contribution is -0.158. The maximum Gasteiger partial charge on any atom is 0.238 e. The van der Waals surface area contributed by atoms with Gasteiger partial charge in [0, 0.05) is 23.6 Å². The highest BCUT2D eigenvalue weighted by atomic mass is 32.2. The van der Waals surface area contributed by atoms with Crippen molar-refractivity contribution >= 4 is 15.9 Å². The number of benzene rings is 2. The fourth-order valence-corrected chi connectivity index (χ4v) is 4.95. The van der Waals surface area contributed by atoms with Crippen LogP contribution in [0.5, 0.6) is 0 Å². The molecular weight excluding hydrogens is 388 g/mol. The molecule has 2 saturated heterocycles. The highest BCUT2D eigenvalue weighted by Gasteiger charge is 2.54. The number of fused-ring (bicyclic) bond motifs is 1. The van der Waals surface area contributed by atoms with Crippen molar-refractivity contribution in [2.75, 3.05) is 26.0 Å². The molecule has 0 spiro atoms. The van der Waals surface area contributed by atoms with E-state index >= 15 is 0 Å². The van der Waals surface area contributed by atoms with E-state index in [1.54, 1.807) is 4.90 Å². The fraction of sp³-hybridized carbons (Fsp3) is 0.318. The van der Waals surface area contributed by atoms with E-state index in [0.29, 0.717) is 0 Å². The highest BCUT2D eigenvalue weighted by Crippen LogP contribution is 2.43. The summed E-state index contributed by atoms with van der Waals surface area (Å²) in [6.45, 7) is -0.0603. The lowest BCUT2D eigenvalue weighted by atomic mass is 9.74. The molecule has 6 nitrogen and oxygen atoms in total. The van der Waals surface area contributed by atoms with Crippen LogP contribution in [0.1, 0.15) is 22.6 Å². The van der Waals surface area contributed by atoms with Gasteiger partial charge in [0.25, 0.3) is 0 Å². The Kier molecular flexibility index (Phi) is 5.17. The Balaban J connectivity index is 1.56. The molecule has 150 valence electrons. The molecule has 2 aromatic carbocycles. The Hall–Kier alpha value is -2.66. The average Bonchev–Trinajstić information content (AvgIpc) is 2.69. The van der Waals surface area contributed by atoms with Gasteiger partial charge in [0.1, 0.15) is 0 Å². The quantitative estimate of drug-likeness (QED) is 0.767. The second-order valence-electron chi connectivity index (χ2n) is 7.44. The number of hydrogen-bond donors (Lipinski definition) is 1. The van der Waals surface area contributed by atoms with Crippen molar-refractivity contribution in [3.05, 3.63) is 71.3 Å². The minimum absolute atomic E-state index is 0.107. The lowest BCUT2D eigenvalue weighted by Gasteiger charge is -2.58. The van der Waals surface area contributed by atoms with Gasteiger partial charge in [0.2, 0.25) is 15.9 Å². The molecule has 7 heteroatoms. The highest BCUT2D eigenvalue weighted by molar-refractivity contribution is 7.88. The zero-order valence-corrected chi connectivity index (χ0v) is 16.8. The molecule has 3 atom stereocenters. The second kappa shape index (κ2) is 7.64. The first-order chi connectivity index (χ1) is 13.9. The van der Waals surface area contributed by atoms with Gasteiger partial charge in [-0.2, -0.15) is 4.31 Å². The van der Waals surface area contributed by atoms with Gasteiger partial charge in [-0.25, -0.2) is 8.42 Å². The van der Waals surface area contributed by atoms with E-state index in [0.717, 1.165) is 22.9 Å². The molecule has 2 heterocycles. The van der Waals surface area contributed by atoms with Crippen LogP contribution in [0.2, 0.25) is 0 Å². The van der Waals surface area contributed by atoms with Crippen LogP contribution < -0.4 is 0 Å². The number of carbonyl (C=O) groups excluding carboxylic acids is 1. The van der Waals surface area contributed by atoms with Crippen LogP contribution in [0.15, 0.2) is 54.6 Å². The Morgan fingerprint density at radius 2 is 1.66 bits per heavy atom. The molecule has 29 heavy (non-hydrogen) atoms. The standard InChI is InChI=1S/C22H22N2O4S/c1-29(27,28)23-13-19-22(20(15-25)24(19)21(26)14-23)18-11-9-17(10-12-18)8-7-16-5-3-2-4-6-16/h2-6,9-12,19-20,22,25H,13-15H2,1H3/t19-,20+,22-/m0/s1. The number of piperazine rings is 1. The topological polar surface area (TPSA) is 77.9 Å². The minimum Gasteiger partial charge on any atom is -0.394 e. The predicted molar refractivity (Wildman–Crippen MR) is 110 cm³/mol. The first-order valence-corrected chi connectivity index (χ1v) is 11.3. The van der Waals surface area contributed by atoms with Crippen molar-refractivity contribution in [2.45, 2.75) is 18.0 Å². The van der Waals surface area contributed by atoms with Gasteiger partial charge in [-0.15, -0.1) is 0 Å². The third-order valence-corrected chi connectivity index (χ3v) is 6.83. The fourth-order valence-electron chi connectivity index (χ4n) is 4.18. The number of aliphatic hydroxyl groups is 1. The maximum atomic E-state index is 12.4. The molecule has 1 amide bonds. The number of hydrogen-bond acceptors (Lipinski definition) is 4. The summed E-state index contributed by atoms with van der Waals surface area (Å²) >= 11 is 0. The first kappa shape index (κ1) is 19.6. The number of rotatable bonds is 3. The van der Waals surface area contributed by atoms with Gasteiger partial charge in [-0.1, -0.05) is 42.2 Å². The van der Waals surface area contributed by atoms with Crippen molar-refractivity contribution in [1.82, 2.24) is 9.21 Å². The zero-order valence-electron chi connectivity index (χ0n) is 16.0. The largest absolute Gasteiger partial charge is 0.394 e. The van der Waals surface area contributed by atoms with Gasteiger partial charge in [-0.3, -0.25) is 4.79 Å². The maximum absolute atomic E-state index is 12.4. The van der Waals surface area contributed by atoms with Crippen LogP contribution in [0, 0.1) is 11.8 Å². The van der Waals surface area contributed by atoms with E-state index in [-0.39, 0.29) is 43.6 Å². The van der Waals surface area contributed by atoms with E-state index in [9.17, 15) is 18.3 Å². The van der Waals surface area contributed by atoms with Crippen LogP contribution in [0.4, 0.5) is 0 Å². The van der Waals surface area contributed by atoms with Gasteiger partial charge >= 0.3 is 0 Å². The van der Waals surface area contributed by atoms with Crippen LogP contribution in [0.25, 0.3) is 0 Å². The molecule has 2 aliphatic heterocycles. The summed E-state index contributed by atoms with van der Waals surface area (Å²) in [5.74, 6) is 5.88. The summed E-state index contributed by atoms with van der Waals surface area (Å²) in [4.78, 5) is 14.1. The molecule has 0 bridgehead atoms. The third kappa shape index (κ3) is 3.79. The van der Waals surface area contributed by atoms with E-state index in [1.807, 2.05) is 54.6 Å². The number of carbonyl (C=O) groups is 1. The van der Waals surface area contributed by atoms with Crippen LogP contribution in [0.3, 0.4) is 0 Å². The molecule has 0 saturated carbocycles. The third-order valence-electron chi connectivity index (χ3n) is 5.61. The molecule has 0 aliphatic carbocycles. The van der Waals surface area contributed by atoms with Crippen molar-refractivity contribution in [3.8, 4) is 11.8 Å². The van der Waals surface area contributed by atoms with Crippen molar-refractivity contribution < 1.29 is 18.3 Å². The molecule has 0 unspecified atom stereocenters. The summed E-state index contributed by atoms with van der Waals surface area (Å²) in [6, 6.07) is 16.9. The molecule has 2 aromatic rings. The monoisotopic (exact) mass is 410 g/mol. The Morgan fingerprint density at radius 1 is 1.03 bits per heavy atom. The Morgan fingerprint density at radius 3 is 2.24 bits per heavy atom. The normalized spacial score (nSPS) is 24.3. The number of amides is 1. The molecule has 4 rings (SSSR count). The number of sulfonamides is 1. The lowest BCUT2D eigenvalue weighted by Crippen LogP contribution is -2.73. The van der Waals surface area contributed by atoms with Crippen LogP contribution in [-0.4, -0.2) is 66.7 Å². The number of aliphatic hydroxyl groups excluding tert-OH is 1. The summed E-state index contributed by atoms with van der Waals surface area (Å²) in [7, 11) is -3.45. The molecule has 2 aliphatic rings. The summed E-state index contributed by atoms with van der Waals surface area (Å²) in [5, 5.41) is 9.82. The molecule has 1 N–H and O–H groups in total. The Bertz CT molecular complexity index is 1070. The zero-order chi connectivity index (χ0) is 20.6. The first-order valence-electron chi connectivity index (χ1n) is 9.42. The smallest absolute Gasteiger partial charge is 0.238 e. The molecule has 2 fully saturated rings. The van der Waals surface area contributed by atoms with Gasteiger partial charge in [-0.05, 0) is 29.8 Å². The number of nitrogens with zero attached hydrogens (tertiary/aromatic N) is 2. The van der Waals surface area contributed by atoms with E-state index < -0.39 is 10.0 Å². The van der Waals surface area contributed by atoms with Crippen molar-refractivity contribution in [1.29, 1.82) is 0 Å². The minimum atomic E-state index is -3.45. The Labute approximate surface area is 170 Å².